The predicted molar refractivity (Wildman–Crippen MR) is 50.7 cm³/mol. The van der Waals surface area contributed by atoms with Crippen LogP contribution in [0.5, 0.6) is 0 Å². The van der Waals surface area contributed by atoms with Gasteiger partial charge in [-0.05, 0) is 25.2 Å². The highest BCUT2D eigenvalue weighted by molar-refractivity contribution is 5.65. The lowest BCUT2D eigenvalue weighted by Gasteiger charge is -2.15. The molecule has 0 saturated heterocycles. The fourth-order valence-electron chi connectivity index (χ4n) is 1.53. The summed E-state index contributed by atoms with van der Waals surface area (Å²) in [5, 5.41) is 0. The number of amides is 1. The first-order valence-electron chi connectivity index (χ1n) is 4.76. The summed E-state index contributed by atoms with van der Waals surface area (Å²) in [6, 6.07) is 0. The fraction of sp³-hybridized carbons (Fsp3) is 0.700. The molecule has 13 heavy (non-hydrogen) atoms. The Morgan fingerprint density at radius 3 is 2.85 bits per heavy atom. The van der Waals surface area contributed by atoms with Gasteiger partial charge in [-0.3, -0.25) is 0 Å². The Morgan fingerprint density at radius 2 is 2.46 bits per heavy atom. The minimum absolute atomic E-state index is 0.0470. The molecule has 0 aromatic carbocycles. The number of primary amides is 1. The van der Waals surface area contributed by atoms with E-state index in [9.17, 15) is 4.79 Å². The van der Waals surface area contributed by atoms with Gasteiger partial charge in [-0.1, -0.05) is 20.3 Å². The third kappa shape index (κ3) is 3.25. The number of carbonyl (C=O) groups excluding carboxylic acids is 1. The average molecular weight is 183 g/mol. The van der Waals surface area contributed by atoms with Crippen LogP contribution in [-0.4, -0.2) is 12.2 Å². The number of hydrogen-bond acceptors (Lipinski definition) is 2. The first kappa shape index (κ1) is 10.4. The zero-order valence-corrected chi connectivity index (χ0v) is 8.08. The van der Waals surface area contributed by atoms with Crippen molar-refractivity contribution in [3.8, 4) is 0 Å². The van der Waals surface area contributed by atoms with Crippen molar-refractivity contribution in [1.29, 1.82) is 0 Å². The number of carbonyl (C=O) groups is 1. The summed E-state index contributed by atoms with van der Waals surface area (Å²) in [5.74, 6) is 1.93. The second-order valence-corrected chi connectivity index (χ2v) is 3.60. The van der Waals surface area contributed by atoms with Crippen LogP contribution < -0.4 is 5.73 Å². The van der Waals surface area contributed by atoms with Gasteiger partial charge in [0.2, 0.25) is 0 Å². The van der Waals surface area contributed by atoms with Gasteiger partial charge in [-0.2, -0.15) is 0 Å². The monoisotopic (exact) mass is 183 g/mol. The van der Waals surface area contributed by atoms with E-state index in [2.05, 4.69) is 13.8 Å². The maximum Gasteiger partial charge on any atom is 0.404 e. The van der Waals surface area contributed by atoms with Crippen molar-refractivity contribution in [3.63, 3.8) is 0 Å². The molecule has 1 fully saturated rings. The van der Waals surface area contributed by atoms with Gasteiger partial charge in [-0.25, -0.2) is 4.79 Å². The van der Waals surface area contributed by atoms with Crippen molar-refractivity contribution >= 4 is 6.09 Å². The van der Waals surface area contributed by atoms with Crippen molar-refractivity contribution in [3.05, 3.63) is 12.8 Å². The molecular formula is C10H17NO2. The van der Waals surface area contributed by atoms with E-state index >= 15 is 0 Å². The number of rotatable bonds is 5. The highest BCUT2D eigenvalue weighted by Crippen LogP contribution is 2.45. The van der Waals surface area contributed by atoms with E-state index in [1.165, 1.54) is 5.92 Å². The van der Waals surface area contributed by atoms with Crippen LogP contribution in [0, 0.1) is 18.8 Å². The van der Waals surface area contributed by atoms with Crippen molar-refractivity contribution in [2.24, 2.45) is 11.7 Å². The molecule has 0 spiro atoms. The Hall–Kier alpha value is -0.730. The van der Waals surface area contributed by atoms with E-state index in [-0.39, 0.29) is 6.10 Å². The highest BCUT2D eigenvalue weighted by atomic mass is 16.6. The third-order valence-corrected chi connectivity index (χ3v) is 2.40. The van der Waals surface area contributed by atoms with E-state index in [1.807, 2.05) is 0 Å². The van der Waals surface area contributed by atoms with Crippen LogP contribution in [0.1, 0.15) is 32.6 Å². The standard InChI is InChI=1S/C10H17NO2/c1-3-4-5-9(13-10(11)12)8-6-7(8)2/h7,9H,1,3-6H2,2H3,(H2,11,12). The number of unbranched alkanes of at least 4 members (excludes halogenated alkanes) is 1. The summed E-state index contributed by atoms with van der Waals surface area (Å²) in [6.45, 7) is 5.89. The van der Waals surface area contributed by atoms with Crippen molar-refractivity contribution < 1.29 is 9.53 Å². The van der Waals surface area contributed by atoms with Crippen molar-refractivity contribution in [2.75, 3.05) is 0 Å². The minimum Gasteiger partial charge on any atom is -0.446 e. The Bertz CT molecular complexity index is 182. The molecule has 3 heteroatoms. The summed E-state index contributed by atoms with van der Waals surface area (Å²) in [6.07, 6.45) is 3.09. The van der Waals surface area contributed by atoms with E-state index in [4.69, 9.17) is 10.5 Å². The maximum absolute atomic E-state index is 10.6. The molecule has 0 bridgehead atoms. The van der Waals surface area contributed by atoms with Gasteiger partial charge in [0, 0.05) is 5.92 Å². The molecule has 0 aromatic heterocycles. The fourth-order valence-corrected chi connectivity index (χ4v) is 1.53. The van der Waals surface area contributed by atoms with Gasteiger partial charge in [-0.15, -0.1) is 0 Å². The summed E-state index contributed by atoms with van der Waals surface area (Å²) >= 11 is 0. The Balaban J connectivity index is 2.30. The summed E-state index contributed by atoms with van der Waals surface area (Å²) in [5.41, 5.74) is 4.99. The molecule has 1 amide bonds. The van der Waals surface area contributed by atoms with Gasteiger partial charge in [0.05, 0.1) is 0 Å². The van der Waals surface area contributed by atoms with Crippen LogP contribution in [0.4, 0.5) is 4.79 Å². The molecule has 2 unspecified atom stereocenters. The average Bonchev–Trinajstić information content (AvgIpc) is 2.75. The molecule has 1 aliphatic carbocycles. The van der Waals surface area contributed by atoms with Gasteiger partial charge < -0.3 is 10.5 Å². The highest BCUT2D eigenvalue weighted by Gasteiger charge is 2.41. The molecule has 1 saturated carbocycles. The molecule has 2 atom stereocenters. The molecule has 1 rings (SSSR count). The minimum atomic E-state index is -0.666. The predicted octanol–water partition coefficient (Wildman–Crippen LogP) is 2.07. The molecule has 0 heterocycles. The lowest BCUT2D eigenvalue weighted by Crippen LogP contribution is -2.24. The second kappa shape index (κ2) is 4.49. The molecule has 0 aliphatic heterocycles. The summed E-state index contributed by atoms with van der Waals surface area (Å²) < 4.78 is 5.02. The first-order chi connectivity index (χ1) is 6.15. The smallest absolute Gasteiger partial charge is 0.404 e. The van der Waals surface area contributed by atoms with E-state index < -0.39 is 6.09 Å². The van der Waals surface area contributed by atoms with Crippen molar-refractivity contribution in [1.82, 2.24) is 0 Å². The van der Waals surface area contributed by atoms with Crippen molar-refractivity contribution in [2.45, 2.75) is 38.7 Å². The molecule has 0 aromatic rings. The number of hydrogen-bond donors (Lipinski definition) is 1. The lowest BCUT2D eigenvalue weighted by atomic mass is 10.1. The van der Waals surface area contributed by atoms with Gasteiger partial charge in [0.1, 0.15) is 6.10 Å². The van der Waals surface area contributed by atoms with Gasteiger partial charge >= 0.3 is 6.09 Å². The SMILES string of the molecule is [CH2]CCCC(OC(N)=O)[C]1CC1C. The van der Waals surface area contributed by atoms with E-state index in [0.717, 1.165) is 25.7 Å². The molecule has 74 valence electrons. The van der Waals surface area contributed by atoms with Gasteiger partial charge in [0.15, 0.2) is 0 Å². The van der Waals surface area contributed by atoms with Gasteiger partial charge in [0.25, 0.3) is 0 Å². The topological polar surface area (TPSA) is 52.3 Å². The molecule has 3 nitrogen and oxygen atoms in total. The lowest BCUT2D eigenvalue weighted by molar-refractivity contribution is 0.112. The van der Waals surface area contributed by atoms with E-state index in [1.54, 1.807) is 0 Å². The zero-order valence-electron chi connectivity index (χ0n) is 8.08. The molecule has 1 aliphatic rings. The normalized spacial score (nSPS) is 24.0. The third-order valence-electron chi connectivity index (χ3n) is 2.40. The summed E-state index contributed by atoms with van der Waals surface area (Å²) in [4.78, 5) is 10.6. The van der Waals surface area contributed by atoms with Crippen LogP contribution in [-0.2, 0) is 4.74 Å². The Morgan fingerprint density at radius 1 is 1.85 bits per heavy atom. The van der Waals surface area contributed by atoms with Crippen LogP contribution in [0.2, 0.25) is 0 Å². The van der Waals surface area contributed by atoms with Crippen LogP contribution in [0.25, 0.3) is 0 Å². The number of ether oxygens (including phenoxy) is 1. The second-order valence-electron chi connectivity index (χ2n) is 3.60. The van der Waals surface area contributed by atoms with Crippen LogP contribution in [0.3, 0.4) is 0 Å². The molecule has 2 N–H and O–H groups in total. The quantitative estimate of drug-likeness (QED) is 0.709. The Labute approximate surface area is 79.6 Å². The summed E-state index contributed by atoms with van der Waals surface area (Å²) in [7, 11) is 0. The first-order valence-corrected chi connectivity index (χ1v) is 4.76. The Kier molecular flexibility index (Phi) is 3.58. The van der Waals surface area contributed by atoms with E-state index in [0.29, 0.717) is 5.92 Å². The largest absolute Gasteiger partial charge is 0.446 e. The molecule has 2 radical (unpaired) electrons. The van der Waals surface area contributed by atoms with Crippen LogP contribution in [0.15, 0.2) is 0 Å². The molecular weight excluding hydrogens is 166 g/mol. The van der Waals surface area contributed by atoms with Crippen LogP contribution >= 0.6 is 0 Å². The zero-order chi connectivity index (χ0) is 9.84. The maximum atomic E-state index is 10.6. The number of nitrogens with two attached hydrogens (primary N) is 1.